The fourth-order valence-corrected chi connectivity index (χ4v) is 1.63. The van der Waals surface area contributed by atoms with E-state index in [-0.39, 0.29) is 0 Å². The summed E-state index contributed by atoms with van der Waals surface area (Å²) in [5.41, 5.74) is 8.19. The lowest BCUT2D eigenvalue weighted by molar-refractivity contribution is 0.545. The summed E-state index contributed by atoms with van der Waals surface area (Å²) in [6.45, 7) is 6.22. The molecule has 1 heterocycles. The summed E-state index contributed by atoms with van der Waals surface area (Å²) in [5, 5.41) is 5.51. The molecule has 0 spiro atoms. The molecule has 14 heavy (non-hydrogen) atoms. The molecule has 0 saturated carbocycles. The van der Waals surface area contributed by atoms with Crippen molar-refractivity contribution in [3.63, 3.8) is 0 Å². The fourth-order valence-electron chi connectivity index (χ4n) is 1.63. The SMILES string of the molecule is Cc1ccc2c(N)n(C(C)C)nc2c1. The molecule has 0 fully saturated rings. The quantitative estimate of drug-likeness (QED) is 0.749. The summed E-state index contributed by atoms with van der Waals surface area (Å²) < 4.78 is 1.87. The largest absolute Gasteiger partial charge is 0.383 e. The number of benzene rings is 1. The Balaban J connectivity index is 2.73. The van der Waals surface area contributed by atoms with Crippen LogP contribution in [-0.4, -0.2) is 9.78 Å². The number of rotatable bonds is 1. The van der Waals surface area contributed by atoms with Crippen LogP contribution in [0.4, 0.5) is 5.82 Å². The molecule has 0 aliphatic carbocycles. The van der Waals surface area contributed by atoms with Gasteiger partial charge in [-0.2, -0.15) is 5.10 Å². The molecule has 0 saturated heterocycles. The first-order chi connectivity index (χ1) is 6.59. The summed E-state index contributed by atoms with van der Waals surface area (Å²) in [6.07, 6.45) is 0. The van der Waals surface area contributed by atoms with Crippen LogP contribution in [0.3, 0.4) is 0 Å². The Morgan fingerprint density at radius 2 is 2.07 bits per heavy atom. The standard InChI is InChI=1S/C11H15N3/c1-7(2)14-11(12)9-5-4-8(3)6-10(9)13-14/h4-7H,12H2,1-3H3. The highest BCUT2D eigenvalue weighted by molar-refractivity contribution is 5.89. The van der Waals surface area contributed by atoms with Crippen molar-refractivity contribution in [2.75, 3.05) is 5.73 Å². The number of aromatic nitrogens is 2. The van der Waals surface area contributed by atoms with Crippen LogP contribution in [0.2, 0.25) is 0 Å². The Bertz CT molecular complexity index is 469. The lowest BCUT2D eigenvalue weighted by Crippen LogP contribution is -2.06. The van der Waals surface area contributed by atoms with Gasteiger partial charge < -0.3 is 5.73 Å². The fraction of sp³-hybridized carbons (Fsp3) is 0.364. The zero-order chi connectivity index (χ0) is 10.3. The van der Waals surface area contributed by atoms with Crippen molar-refractivity contribution in [3.8, 4) is 0 Å². The van der Waals surface area contributed by atoms with Crippen LogP contribution in [0.5, 0.6) is 0 Å². The Morgan fingerprint density at radius 1 is 1.36 bits per heavy atom. The van der Waals surface area contributed by atoms with E-state index in [1.165, 1.54) is 5.56 Å². The third kappa shape index (κ3) is 1.25. The molecule has 3 heteroatoms. The van der Waals surface area contributed by atoms with Gasteiger partial charge in [0.2, 0.25) is 0 Å². The number of hydrogen-bond donors (Lipinski definition) is 1. The maximum absolute atomic E-state index is 5.99. The molecule has 0 unspecified atom stereocenters. The Hall–Kier alpha value is -1.51. The molecular weight excluding hydrogens is 174 g/mol. The molecule has 0 amide bonds. The second-order valence-corrected chi connectivity index (χ2v) is 3.94. The van der Waals surface area contributed by atoms with Crippen molar-refractivity contribution in [1.29, 1.82) is 0 Å². The molecular formula is C11H15N3. The molecule has 0 aliphatic rings. The smallest absolute Gasteiger partial charge is 0.129 e. The number of nitrogens with zero attached hydrogens (tertiary/aromatic N) is 2. The van der Waals surface area contributed by atoms with Gasteiger partial charge in [0.05, 0.1) is 5.52 Å². The predicted octanol–water partition coefficient (Wildman–Crippen LogP) is 2.51. The maximum atomic E-state index is 5.99. The van der Waals surface area contributed by atoms with Gasteiger partial charge in [-0.1, -0.05) is 6.07 Å². The third-order valence-corrected chi connectivity index (χ3v) is 2.38. The Morgan fingerprint density at radius 3 is 2.71 bits per heavy atom. The number of anilines is 1. The van der Waals surface area contributed by atoms with Gasteiger partial charge in [-0.15, -0.1) is 0 Å². The molecule has 1 aromatic carbocycles. The van der Waals surface area contributed by atoms with Crippen LogP contribution < -0.4 is 5.73 Å². The second kappa shape index (κ2) is 3.01. The van der Waals surface area contributed by atoms with E-state index in [1.807, 2.05) is 10.7 Å². The molecule has 1 aromatic heterocycles. The van der Waals surface area contributed by atoms with Crippen LogP contribution in [0.15, 0.2) is 18.2 Å². The molecule has 2 rings (SSSR count). The monoisotopic (exact) mass is 189 g/mol. The summed E-state index contributed by atoms with van der Waals surface area (Å²) in [4.78, 5) is 0. The van der Waals surface area contributed by atoms with E-state index in [0.717, 1.165) is 16.7 Å². The lowest BCUT2D eigenvalue weighted by Gasteiger charge is -2.06. The van der Waals surface area contributed by atoms with Crippen LogP contribution in [-0.2, 0) is 0 Å². The van der Waals surface area contributed by atoms with Gasteiger partial charge in [0.25, 0.3) is 0 Å². The van der Waals surface area contributed by atoms with E-state index in [2.05, 4.69) is 38.0 Å². The second-order valence-electron chi connectivity index (χ2n) is 3.94. The van der Waals surface area contributed by atoms with E-state index >= 15 is 0 Å². The predicted molar refractivity (Wildman–Crippen MR) is 59.3 cm³/mol. The number of nitrogens with two attached hydrogens (primary N) is 1. The van der Waals surface area contributed by atoms with Crippen molar-refractivity contribution in [1.82, 2.24) is 9.78 Å². The number of hydrogen-bond acceptors (Lipinski definition) is 2. The minimum Gasteiger partial charge on any atom is -0.383 e. The number of fused-ring (bicyclic) bond motifs is 1. The van der Waals surface area contributed by atoms with Crippen LogP contribution in [0, 0.1) is 6.92 Å². The molecule has 3 nitrogen and oxygen atoms in total. The van der Waals surface area contributed by atoms with Gasteiger partial charge in [-0.3, -0.25) is 0 Å². The lowest BCUT2D eigenvalue weighted by atomic mass is 10.2. The van der Waals surface area contributed by atoms with Gasteiger partial charge in [-0.25, -0.2) is 4.68 Å². The highest BCUT2D eigenvalue weighted by atomic mass is 15.3. The van der Waals surface area contributed by atoms with Gasteiger partial charge >= 0.3 is 0 Å². The van der Waals surface area contributed by atoms with Crippen LogP contribution >= 0.6 is 0 Å². The average Bonchev–Trinajstić information content (AvgIpc) is 2.43. The molecule has 0 atom stereocenters. The van der Waals surface area contributed by atoms with Crippen molar-refractivity contribution >= 4 is 16.7 Å². The zero-order valence-electron chi connectivity index (χ0n) is 8.78. The normalized spacial score (nSPS) is 11.4. The number of nitrogen functional groups attached to an aromatic ring is 1. The van der Waals surface area contributed by atoms with E-state index < -0.39 is 0 Å². The van der Waals surface area contributed by atoms with E-state index in [9.17, 15) is 0 Å². The molecule has 0 bridgehead atoms. The third-order valence-electron chi connectivity index (χ3n) is 2.38. The van der Waals surface area contributed by atoms with Crippen molar-refractivity contribution < 1.29 is 0 Å². The van der Waals surface area contributed by atoms with Gasteiger partial charge in [0.15, 0.2) is 0 Å². The summed E-state index contributed by atoms with van der Waals surface area (Å²) >= 11 is 0. The zero-order valence-corrected chi connectivity index (χ0v) is 8.78. The van der Waals surface area contributed by atoms with Crippen molar-refractivity contribution in [3.05, 3.63) is 23.8 Å². The van der Waals surface area contributed by atoms with E-state index in [1.54, 1.807) is 0 Å². The van der Waals surface area contributed by atoms with Gasteiger partial charge in [0, 0.05) is 11.4 Å². The first kappa shape index (κ1) is 9.06. The van der Waals surface area contributed by atoms with Crippen LogP contribution in [0.1, 0.15) is 25.5 Å². The first-order valence-corrected chi connectivity index (χ1v) is 4.84. The molecule has 2 aromatic rings. The molecule has 2 N–H and O–H groups in total. The van der Waals surface area contributed by atoms with Crippen molar-refractivity contribution in [2.45, 2.75) is 26.8 Å². The van der Waals surface area contributed by atoms with Crippen molar-refractivity contribution in [2.24, 2.45) is 0 Å². The topological polar surface area (TPSA) is 43.8 Å². The summed E-state index contributed by atoms with van der Waals surface area (Å²) in [5.74, 6) is 0.759. The summed E-state index contributed by atoms with van der Waals surface area (Å²) in [7, 11) is 0. The minimum atomic E-state index is 0.308. The summed E-state index contributed by atoms with van der Waals surface area (Å²) in [6, 6.07) is 6.46. The number of aryl methyl sites for hydroxylation is 1. The van der Waals surface area contributed by atoms with Gasteiger partial charge in [-0.05, 0) is 38.5 Å². The van der Waals surface area contributed by atoms with Crippen LogP contribution in [0.25, 0.3) is 10.9 Å². The van der Waals surface area contributed by atoms with E-state index in [0.29, 0.717) is 6.04 Å². The maximum Gasteiger partial charge on any atom is 0.129 e. The molecule has 0 aliphatic heterocycles. The average molecular weight is 189 g/mol. The van der Waals surface area contributed by atoms with E-state index in [4.69, 9.17) is 5.73 Å². The highest BCUT2D eigenvalue weighted by Gasteiger charge is 2.09. The first-order valence-electron chi connectivity index (χ1n) is 4.84. The highest BCUT2D eigenvalue weighted by Crippen LogP contribution is 2.23. The minimum absolute atomic E-state index is 0.308. The Labute approximate surface area is 83.5 Å². The molecule has 0 radical (unpaired) electrons. The molecule has 74 valence electrons. The van der Waals surface area contributed by atoms with Gasteiger partial charge in [0.1, 0.15) is 5.82 Å². The Kier molecular flexibility index (Phi) is 1.95.